The molecule has 0 aliphatic carbocycles. The van der Waals surface area contributed by atoms with Crippen molar-refractivity contribution < 1.29 is 0 Å². The monoisotopic (exact) mass is 390 g/mol. The summed E-state index contributed by atoms with van der Waals surface area (Å²) in [5, 5.41) is 0. The molecule has 152 valence electrons. The summed E-state index contributed by atoms with van der Waals surface area (Å²) >= 11 is 0. The maximum Gasteiger partial charge on any atom is 0.0594 e. The molecule has 0 N–H and O–H groups in total. The van der Waals surface area contributed by atoms with E-state index in [-0.39, 0.29) is 0 Å². The smallest absolute Gasteiger partial charge is 0.0594 e. The van der Waals surface area contributed by atoms with E-state index in [0.717, 1.165) is 0 Å². The molecule has 2 heteroatoms. The fourth-order valence-electron chi connectivity index (χ4n) is 5.26. The summed E-state index contributed by atoms with van der Waals surface area (Å²) in [7, 11) is -1.21. The van der Waals surface area contributed by atoms with Crippen LogP contribution in [0, 0.1) is 0 Å². The van der Waals surface area contributed by atoms with Crippen molar-refractivity contribution in [1.29, 1.82) is 0 Å². The average Bonchev–Trinajstić information content (AvgIpc) is 2.56. The van der Waals surface area contributed by atoms with Gasteiger partial charge in [-0.3, -0.25) is 0 Å². The second-order valence-electron chi connectivity index (χ2n) is 8.53. The molecule has 0 saturated carbocycles. The fraction of sp³-hybridized carbons (Fsp3) is 1.00. The summed E-state index contributed by atoms with van der Waals surface area (Å²) in [6.45, 7) is 14.5. The SMILES string of the molecule is CCC[P+](CCC)(CCC)CCCCC[P+](CCC)(CCC)CCC. The maximum atomic E-state index is 2.42. The highest BCUT2D eigenvalue weighted by atomic mass is 31.2. The van der Waals surface area contributed by atoms with E-state index >= 15 is 0 Å². The molecule has 25 heavy (non-hydrogen) atoms. The molecule has 0 saturated heterocycles. The summed E-state index contributed by atoms with van der Waals surface area (Å²) in [5.41, 5.74) is 0. The molecule has 0 aromatic carbocycles. The molecule has 0 fully saturated rings. The topological polar surface area (TPSA) is 0 Å². The van der Waals surface area contributed by atoms with Gasteiger partial charge in [-0.05, 0) is 57.8 Å². The molecular formula is C23H52P2+2. The Labute approximate surface area is 163 Å². The molecule has 0 aromatic heterocycles. The third kappa shape index (κ3) is 10.7. The van der Waals surface area contributed by atoms with E-state index < -0.39 is 14.5 Å². The van der Waals surface area contributed by atoms with Gasteiger partial charge in [-0.25, -0.2) is 0 Å². The average molecular weight is 391 g/mol. The quantitative estimate of drug-likeness (QED) is 0.162. The van der Waals surface area contributed by atoms with Gasteiger partial charge in [0.2, 0.25) is 0 Å². The molecule has 0 amide bonds. The summed E-state index contributed by atoms with van der Waals surface area (Å²) in [4.78, 5) is 0. The Balaban J connectivity index is 4.49. The lowest BCUT2D eigenvalue weighted by Crippen LogP contribution is -2.13. The van der Waals surface area contributed by atoms with E-state index in [2.05, 4.69) is 41.5 Å². The molecule has 0 rings (SSSR count). The Hall–Kier alpha value is 0.860. The van der Waals surface area contributed by atoms with Gasteiger partial charge in [0, 0.05) is 14.5 Å². The zero-order chi connectivity index (χ0) is 19.0. The summed E-state index contributed by atoms with van der Waals surface area (Å²) < 4.78 is 0. The summed E-state index contributed by atoms with van der Waals surface area (Å²) in [6.07, 6.45) is 25.8. The van der Waals surface area contributed by atoms with Gasteiger partial charge in [-0.1, -0.05) is 41.5 Å². The van der Waals surface area contributed by atoms with E-state index in [1.165, 1.54) is 57.8 Å². The minimum absolute atomic E-state index is 0.606. The Kier molecular flexibility index (Phi) is 16.4. The van der Waals surface area contributed by atoms with Crippen LogP contribution in [0.15, 0.2) is 0 Å². The predicted octanol–water partition coefficient (Wildman–Crippen LogP) is 8.65. The first-order valence-corrected chi connectivity index (χ1v) is 16.8. The standard InChI is InChI=1S/C23H52P2/c1-7-16-24(17-8-2,18-9-3)22-14-13-15-23-25(19-10-4,20-11-5)21-12-6/h7-23H2,1-6H3/q+2. The maximum absolute atomic E-state index is 2.42. The Morgan fingerprint density at radius 1 is 0.320 bits per heavy atom. The molecule has 0 unspecified atom stereocenters. The number of unbranched alkanes of at least 4 members (excludes halogenated alkanes) is 2. The van der Waals surface area contributed by atoms with Gasteiger partial charge >= 0.3 is 0 Å². The second-order valence-corrected chi connectivity index (χ2v) is 17.5. The van der Waals surface area contributed by atoms with Crippen molar-refractivity contribution in [1.82, 2.24) is 0 Å². The van der Waals surface area contributed by atoms with E-state index in [4.69, 9.17) is 0 Å². The highest BCUT2D eigenvalue weighted by Gasteiger charge is 2.35. The van der Waals surface area contributed by atoms with Crippen LogP contribution in [-0.4, -0.2) is 49.3 Å². The van der Waals surface area contributed by atoms with Gasteiger partial charge in [-0.15, -0.1) is 0 Å². The van der Waals surface area contributed by atoms with Gasteiger partial charge in [-0.2, -0.15) is 0 Å². The van der Waals surface area contributed by atoms with Crippen LogP contribution in [0.4, 0.5) is 0 Å². The summed E-state index contributed by atoms with van der Waals surface area (Å²) in [6, 6.07) is 0. The van der Waals surface area contributed by atoms with Crippen LogP contribution in [0.2, 0.25) is 0 Å². The van der Waals surface area contributed by atoms with Crippen molar-refractivity contribution in [3.05, 3.63) is 0 Å². The highest BCUT2D eigenvalue weighted by molar-refractivity contribution is 7.76. The lowest BCUT2D eigenvalue weighted by molar-refractivity contribution is 0.766. The van der Waals surface area contributed by atoms with Crippen LogP contribution in [0.3, 0.4) is 0 Å². The number of hydrogen-bond acceptors (Lipinski definition) is 0. The molecule has 0 aromatic rings. The molecule has 0 spiro atoms. The van der Waals surface area contributed by atoms with Gasteiger partial charge < -0.3 is 0 Å². The van der Waals surface area contributed by atoms with Crippen molar-refractivity contribution >= 4 is 14.5 Å². The predicted molar refractivity (Wildman–Crippen MR) is 128 cm³/mol. The van der Waals surface area contributed by atoms with Crippen LogP contribution in [0.5, 0.6) is 0 Å². The van der Waals surface area contributed by atoms with Crippen molar-refractivity contribution in [3.8, 4) is 0 Å². The normalized spacial score (nSPS) is 12.7. The van der Waals surface area contributed by atoms with Crippen LogP contribution in [0.25, 0.3) is 0 Å². The molecule has 0 radical (unpaired) electrons. The lowest BCUT2D eigenvalue weighted by Gasteiger charge is -2.28. The number of rotatable bonds is 18. The largest absolute Gasteiger partial charge is 0.0619 e. The molecule has 0 aliphatic heterocycles. The fourth-order valence-corrected chi connectivity index (χ4v) is 15.4. The van der Waals surface area contributed by atoms with Gasteiger partial charge in [0.1, 0.15) is 0 Å². The Bertz CT molecular complexity index is 226. The third-order valence-electron chi connectivity index (χ3n) is 5.95. The minimum Gasteiger partial charge on any atom is -0.0619 e. The van der Waals surface area contributed by atoms with Crippen molar-refractivity contribution in [3.63, 3.8) is 0 Å². The third-order valence-corrected chi connectivity index (χ3v) is 16.9. The van der Waals surface area contributed by atoms with Gasteiger partial charge in [0.15, 0.2) is 0 Å². The molecule has 0 atom stereocenters. The van der Waals surface area contributed by atoms with Crippen LogP contribution < -0.4 is 0 Å². The molecule has 0 heterocycles. The van der Waals surface area contributed by atoms with Crippen molar-refractivity contribution in [2.24, 2.45) is 0 Å². The van der Waals surface area contributed by atoms with E-state index in [0.29, 0.717) is 0 Å². The van der Waals surface area contributed by atoms with Crippen molar-refractivity contribution in [2.45, 2.75) is 99.3 Å². The minimum atomic E-state index is -0.606. The molecule has 0 nitrogen and oxygen atoms in total. The Morgan fingerprint density at radius 3 is 0.760 bits per heavy atom. The van der Waals surface area contributed by atoms with Gasteiger partial charge in [0.25, 0.3) is 0 Å². The first-order chi connectivity index (χ1) is 12.1. The lowest BCUT2D eigenvalue weighted by atomic mass is 10.3. The van der Waals surface area contributed by atoms with Crippen LogP contribution >= 0.6 is 14.5 Å². The number of hydrogen-bond donors (Lipinski definition) is 0. The first-order valence-electron chi connectivity index (χ1n) is 11.8. The van der Waals surface area contributed by atoms with Crippen molar-refractivity contribution in [2.75, 3.05) is 49.3 Å². The zero-order valence-corrected chi connectivity index (χ0v) is 20.7. The molecular weight excluding hydrogens is 338 g/mol. The van der Waals surface area contributed by atoms with E-state index in [1.54, 1.807) is 49.3 Å². The Morgan fingerprint density at radius 2 is 0.560 bits per heavy atom. The first kappa shape index (κ1) is 25.9. The van der Waals surface area contributed by atoms with Crippen LogP contribution in [-0.2, 0) is 0 Å². The van der Waals surface area contributed by atoms with E-state index in [1.807, 2.05) is 0 Å². The van der Waals surface area contributed by atoms with Crippen LogP contribution in [0.1, 0.15) is 99.3 Å². The summed E-state index contributed by atoms with van der Waals surface area (Å²) in [5.74, 6) is 0. The highest BCUT2D eigenvalue weighted by Crippen LogP contribution is 2.62. The second kappa shape index (κ2) is 15.9. The van der Waals surface area contributed by atoms with E-state index in [9.17, 15) is 0 Å². The molecule has 0 aliphatic rings. The molecule has 0 bridgehead atoms. The van der Waals surface area contributed by atoms with Gasteiger partial charge in [0.05, 0.1) is 49.3 Å². The zero-order valence-electron chi connectivity index (χ0n) is 18.9.